The highest BCUT2D eigenvalue weighted by molar-refractivity contribution is 5.62. The van der Waals surface area contributed by atoms with E-state index in [-0.39, 0.29) is 0 Å². The maximum Gasteiger partial charge on any atom is 0.236 e. The number of carbonyl (C=O) groups is 1. The van der Waals surface area contributed by atoms with E-state index < -0.39 is 6.04 Å². The van der Waals surface area contributed by atoms with Crippen molar-refractivity contribution in [3.8, 4) is 0 Å². The summed E-state index contributed by atoms with van der Waals surface area (Å²) in [5, 5.41) is 0. The molecule has 0 saturated heterocycles. The fourth-order valence-corrected chi connectivity index (χ4v) is 0.200. The normalized spacial score (nSPS) is 11.0. The largest absolute Gasteiger partial charge is 0.301 e. The summed E-state index contributed by atoms with van der Waals surface area (Å²) < 4.78 is 0. The molecule has 0 radical (unpaired) electrons. The van der Waals surface area contributed by atoms with Gasteiger partial charge in [-0.05, 0) is 0 Å². The lowest BCUT2D eigenvalue weighted by atomic mass is 10.3. The summed E-state index contributed by atoms with van der Waals surface area (Å²) in [5.41, 5.74) is 0. The van der Waals surface area contributed by atoms with Crippen molar-refractivity contribution in [3.63, 3.8) is 0 Å². The zero-order valence-electron chi connectivity index (χ0n) is 4.20. The molecule has 0 heterocycles. The van der Waals surface area contributed by atoms with Gasteiger partial charge in [-0.1, -0.05) is 6.08 Å². The van der Waals surface area contributed by atoms with Crippen molar-refractivity contribution >= 4 is 12.4 Å². The molecule has 0 aliphatic heterocycles. The van der Waals surface area contributed by atoms with Crippen LogP contribution in [0.2, 0.25) is 0 Å². The molecule has 42 valence electrons. The van der Waals surface area contributed by atoms with Crippen molar-refractivity contribution in [1.82, 2.24) is 0 Å². The Kier molecular flexibility index (Phi) is 3.36. The van der Waals surface area contributed by atoms with E-state index in [0.717, 1.165) is 0 Å². The molecule has 3 nitrogen and oxygen atoms in total. The van der Waals surface area contributed by atoms with Gasteiger partial charge in [-0.3, -0.25) is 0 Å². The van der Waals surface area contributed by atoms with Gasteiger partial charge in [0.1, 0.15) is 12.3 Å². The summed E-state index contributed by atoms with van der Waals surface area (Å²) in [6.07, 6.45) is 3.02. The van der Waals surface area contributed by atoms with Crippen molar-refractivity contribution in [2.45, 2.75) is 6.04 Å². The maximum absolute atomic E-state index is 9.78. The van der Waals surface area contributed by atoms with Crippen molar-refractivity contribution in [2.75, 3.05) is 0 Å². The van der Waals surface area contributed by atoms with Gasteiger partial charge in [0.15, 0.2) is 0 Å². The van der Waals surface area contributed by atoms with Gasteiger partial charge in [-0.25, -0.2) is 4.79 Å². The highest BCUT2D eigenvalue weighted by Crippen LogP contribution is 1.82. The zero-order valence-corrected chi connectivity index (χ0v) is 4.20. The predicted octanol–water partition coefficient (Wildman–Crippen LogP) is 0.0757. The fourth-order valence-electron chi connectivity index (χ4n) is 0.200. The monoisotopic (exact) mass is 111 g/mol. The van der Waals surface area contributed by atoms with Crippen LogP contribution in [0.1, 0.15) is 0 Å². The van der Waals surface area contributed by atoms with Gasteiger partial charge in [0, 0.05) is 0 Å². The summed E-state index contributed by atoms with van der Waals surface area (Å²) in [4.78, 5) is 22.3. The smallest absolute Gasteiger partial charge is 0.236 e. The molecule has 1 unspecified atom stereocenters. The summed E-state index contributed by atoms with van der Waals surface area (Å²) in [6, 6.07) is -0.715. The van der Waals surface area contributed by atoms with E-state index in [1.165, 1.54) is 12.2 Å². The van der Waals surface area contributed by atoms with Crippen LogP contribution in [0.25, 0.3) is 0 Å². The Bertz CT molecular complexity index is 127. The third-order valence-corrected chi connectivity index (χ3v) is 0.583. The number of hydrogen-bond donors (Lipinski definition) is 0. The summed E-state index contributed by atoms with van der Waals surface area (Å²) in [6.45, 7) is 3.25. The number of rotatable bonds is 3. The Hall–Kier alpha value is -1.21. The first-order valence-electron chi connectivity index (χ1n) is 2.00. The van der Waals surface area contributed by atoms with Crippen LogP contribution in [0.5, 0.6) is 0 Å². The molecule has 0 amide bonds. The first-order chi connectivity index (χ1) is 3.85. The molecule has 0 saturated carbocycles. The molecule has 0 fully saturated rings. The first-order valence-corrected chi connectivity index (χ1v) is 2.00. The van der Waals surface area contributed by atoms with E-state index in [1.54, 1.807) is 0 Å². The average molecular weight is 111 g/mol. The second-order valence-electron chi connectivity index (χ2n) is 1.08. The molecule has 8 heavy (non-hydrogen) atoms. The summed E-state index contributed by atoms with van der Waals surface area (Å²) >= 11 is 0. The molecule has 0 spiro atoms. The molecule has 0 aromatic rings. The minimum atomic E-state index is -0.715. The quantitative estimate of drug-likeness (QED) is 0.224. The number of nitrogens with zero attached hydrogens (tertiary/aromatic N) is 1. The summed E-state index contributed by atoms with van der Waals surface area (Å²) in [7, 11) is 0. The van der Waals surface area contributed by atoms with Gasteiger partial charge in [0.25, 0.3) is 0 Å². The SMILES string of the molecule is C=CC(C=O)N=C=O. The van der Waals surface area contributed by atoms with Crippen LogP contribution in [-0.2, 0) is 9.59 Å². The van der Waals surface area contributed by atoms with Gasteiger partial charge < -0.3 is 4.79 Å². The van der Waals surface area contributed by atoms with Crippen molar-refractivity contribution in [2.24, 2.45) is 4.99 Å². The second-order valence-corrected chi connectivity index (χ2v) is 1.08. The van der Waals surface area contributed by atoms with E-state index in [9.17, 15) is 9.59 Å². The van der Waals surface area contributed by atoms with Crippen molar-refractivity contribution < 1.29 is 9.59 Å². The molecule has 0 rings (SSSR count). The Labute approximate surface area is 46.7 Å². The molecule has 0 aromatic carbocycles. The molecular weight excluding hydrogens is 106 g/mol. The fraction of sp³-hybridized carbons (Fsp3) is 0.200. The maximum atomic E-state index is 9.78. The number of carbonyl (C=O) groups excluding carboxylic acids is 2. The Morgan fingerprint density at radius 2 is 2.38 bits per heavy atom. The van der Waals surface area contributed by atoms with Gasteiger partial charge in [0.2, 0.25) is 6.08 Å². The number of aliphatic imine (C=N–C) groups is 1. The van der Waals surface area contributed by atoms with E-state index in [1.807, 2.05) is 0 Å². The second kappa shape index (κ2) is 3.96. The lowest BCUT2D eigenvalue weighted by molar-refractivity contribution is -0.108. The minimum Gasteiger partial charge on any atom is -0.301 e. The first kappa shape index (κ1) is 6.79. The Morgan fingerprint density at radius 1 is 1.75 bits per heavy atom. The number of isocyanates is 1. The van der Waals surface area contributed by atoms with Crippen LogP contribution < -0.4 is 0 Å². The number of hydrogen-bond acceptors (Lipinski definition) is 3. The van der Waals surface area contributed by atoms with E-state index in [4.69, 9.17) is 0 Å². The van der Waals surface area contributed by atoms with Crippen LogP contribution in [0.4, 0.5) is 0 Å². The van der Waals surface area contributed by atoms with E-state index >= 15 is 0 Å². The minimum absolute atomic E-state index is 0.512. The van der Waals surface area contributed by atoms with Crippen molar-refractivity contribution in [1.29, 1.82) is 0 Å². The van der Waals surface area contributed by atoms with Gasteiger partial charge in [0.05, 0.1) is 0 Å². The lowest BCUT2D eigenvalue weighted by Gasteiger charge is -1.85. The van der Waals surface area contributed by atoms with Crippen LogP contribution in [-0.4, -0.2) is 18.4 Å². The van der Waals surface area contributed by atoms with Crippen molar-refractivity contribution in [3.05, 3.63) is 12.7 Å². The Balaban J connectivity index is 3.87. The average Bonchev–Trinajstić information content (AvgIpc) is 1.83. The molecule has 3 heteroatoms. The van der Waals surface area contributed by atoms with E-state index in [2.05, 4.69) is 11.6 Å². The highest BCUT2D eigenvalue weighted by atomic mass is 16.1. The van der Waals surface area contributed by atoms with Crippen LogP contribution in [0.15, 0.2) is 17.6 Å². The molecular formula is C5H5NO2. The zero-order chi connectivity index (χ0) is 6.41. The lowest BCUT2D eigenvalue weighted by Crippen LogP contribution is -1.98. The molecule has 0 aliphatic rings. The Morgan fingerprint density at radius 3 is 2.50 bits per heavy atom. The van der Waals surface area contributed by atoms with Crippen LogP contribution in [0, 0.1) is 0 Å². The molecule has 0 aromatic heterocycles. The van der Waals surface area contributed by atoms with Crippen LogP contribution >= 0.6 is 0 Å². The third kappa shape index (κ3) is 2.05. The van der Waals surface area contributed by atoms with Gasteiger partial charge in [-0.15, -0.1) is 6.58 Å². The number of aldehydes is 1. The van der Waals surface area contributed by atoms with Gasteiger partial charge in [-0.2, -0.15) is 4.99 Å². The summed E-state index contributed by atoms with van der Waals surface area (Å²) in [5.74, 6) is 0. The van der Waals surface area contributed by atoms with E-state index in [0.29, 0.717) is 6.29 Å². The standard InChI is InChI=1S/C5H5NO2/c1-2-5(3-7)6-4-8/h2-3,5H,1H2. The molecule has 1 atom stereocenters. The third-order valence-electron chi connectivity index (χ3n) is 0.583. The molecule has 0 N–H and O–H groups in total. The highest BCUT2D eigenvalue weighted by Gasteiger charge is 1.93. The van der Waals surface area contributed by atoms with Crippen LogP contribution in [0.3, 0.4) is 0 Å². The molecule has 0 bridgehead atoms. The predicted molar refractivity (Wildman–Crippen MR) is 28.2 cm³/mol. The topological polar surface area (TPSA) is 46.5 Å². The van der Waals surface area contributed by atoms with Gasteiger partial charge >= 0.3 is 0 Å². The molecule has 0 aliphatic carbocycles.